The van der Waals surface area contributed by atoms with Crippen LogP contribution in [0.3, 0.4) is 0 Å². The molecule has 0 radical (unpaired) electrons. The Morgan fingerprint density at radius 1 is 0.538 bits per heavy atom. The van der Waals surface area contributed by atoms with E-state index in [0.717, 1.165) is 108 Å². The maximum absolute atomic E-state index is 12.6. The van der Waals surface area contributed by atoms with Crippen LogP contribution in [-0.4, -0.2) is 135 Å². The maximum Gasteiger partial charge on any atom is 0.338 e. The summed E-state index contributed by atoms with van der Waals surface area (Å²) >= 11 is 0. The lowest BCUT2D eigenvalue weighted by molar-refractivity contribution is -0.232. The molecule has 0 spiro atoms. The number of fused-ring (bicyclic) bond motifs is 20. The lowest BCUT2D eigenvalue weighted by atomic mass is 9.55. The summed E-state index contributed by atoms with van der Waals surface area (Å²) in [6.45, 7) is 20.2. The molecule has 10 aliphatic rings. The van der Waals surface area contributed by atoms with Crippen molar-refractivity contribution in [2.75, 3.05) is 0 Å². The highest BCUT2D eigenvalue weighted by Crippen LogP contribution is 2.65. The van der Waals surface area contributed by atoms with E-state index in [1.807, 2.05) is 102 Å². The molecule has 2 N–H and O–H groups in total. The lowest BCUT2D eigenvalue weighted by Crippen LogP contribution is -2.55. The van der Waals surface area contributed by atoms with Crippen molar-refractivity contribution in [3.8, 4) is 17.1 Å². The van der Waals surface area contributed by atoms with E-state index in [9.17, 15) is 33.2 Å². The Morgan fingerprint density at radius 3 is 1.37 bits per heavy atom. The molecule has 9 aromatic rings. The van der Waals surface area contributed by atoms with Crippen LogP contribution in [0.4, 0.5) is 0 Å². The number of aliphatic hydroxyl groups excluding tert-OH is 2. The Bertz CT molecular complexity index is 5020. The number of carbonyl (C=O) groups excluding carboxylic acids is 2. The number of allylic oxidation sites excluding steroid dienone is 2. The third kappa shape index (κ3) is 13.3. The molecule has 106 heavy (non-hydrogen) atoms. The van der Waals surface area contributed by atoms with Gasteiger partial charge in [0.1, 0.15) is 34.9 Å². The summed E-state index contributed by atoms with van der Waals surface area (Å²) in [7, 11) is -5.64. The number of hydrogen-bond donors (Lipinski definition) is 2. The zero-order chi connectivity index (χ0) is 77.4. The van der Waals surface area contributed by atoms with Crippen LogP contribution in [0.1, 0.15) is 164 Å². The highest BCUT2D eigenvalue weighted by Gasteiger charge is 2.68. The van der Waals surface area contributed by atoms with Crippen LogP contribution in [0, 0.1) is 57.2 Å². The Labute approximate surface area is 631 Å². The molecule has 4 saturated carbocycles. The highest BCUT2D eigenvalue weighted by molar-refractivity contribution is 6.14. The fourth-order valence-electron chi connectivity index (χ4n) is 20.6. The Kier molecular flexibility index (Phi) is 19.9. The minimum absolute atomic E-state index is 0.000827. The summed E-state index contributed by atoms with van der Waals surface area (Å²) in [4.78, 5) is 25.2. The number of benzene rings is 6. The normalized spacial score (nSPS) is 31.5. The number of hydrogen-bond acceptors (Lipinski definition) is 16. The molecular weight excluding hydrogens is 1380 g/mol. The monoisotopic (exact) mass is 1480 g/mol. The van der Waals surface area contributed by atoms with Gasteiger partial charge in [0.15, 0.2) is 5.60 Å². The number of carbonyl (C=O) groups is 2. The van der Waals surface area contributed by atoms with Crippen LogP contribution < -0.4 is 0 Å². The number of para-hydroxylation sites is 3. The molecule has 4 heterocycles. The first-order valence-electron chi connectivity index (χ1n) is 39.4. The van der Waals surface area contributed by atoms with Crippen LogP contribution in [0.2, 0.25) is 19.6 Å². The van der Waals surface area contributed by atoms with Crippen LogP contribution >= 0.6 is 0 Å². The smallest absolute Gasteiger partial charge is 0.338 e. The summed E-state index contributed by atoms with van der Waals surface area (Å²) in [6.07, 6.45) is 20.0. The number of aryl methyl sites for hydroxylation is 3. The highest BCUT2D eigenvalue weighted by atomic mass is 28.2. The quantitative estimate of drug-likeness (QED) is 0.0945. The third-order valence-corrected chi connectivity index (χ3v) is 25.8. The molecule has 0 amide bonds. The minimum Gasteiger partial charge on any atom is -0.457 e. The fraction of sp³-hybridized carbons (Fsp3) is 0.500. The van der Waals surface area contributed by atoms with E-state index in [2.05, 4.69) is 137 Å². The molecule has 1 saturated heterocycles. The van der Waals surface area contributed by atoms with Gasteiger partial charge in [0.25, 0.3) is 28.0 Å². The number of rotatable bonds is 4. The number of esters is 2. The SMILES string of the molecule is CC(C)(C)C(=O)O[C@H]1C=CC2C3CCc4cc(-n5nnc6ccccc65)ccc4C3CC[C@@]21C.CC1(C)OC2C(O)C3C4CCc5cc(-n6nnc7ccccc76)ccc5C4CC[C@]3(C)[C@H]2OC1=O.C[C@]12CCC3c4ccc(-n5nnc6ccccc65)cc4CCC3C1C=C[C@@H]2O.[2H][Si](C)=O.[2H][Si](C)=O.[2H][Si](C)=O. The molecule has 19 rings (SSSR count). The number of aliphatic hydroxyl groups is 2. The Balaban J connectivity index is 0.000000127. The first kappa shape index (κ1) is 70.8. The van der Waals surface area contributed by atoms with Crippen molar-refractivity contribution in [2.24, 2.45) is 57.2 Å². The molecule has 22 heteroatoms. The Morgan fingerprint density at radius 2 is 0.925 bits per heavy atom. The largest absolute Gasteiger partial charge is 0.457 e. The number of ether oxygens (including phenoxy) is 3. The van der Waals surface area contributed by atoms with Crippen LogP contribution in [-0.2, 0) is 56.4 Å². The van der Waals surface area contributed by atoms with Gasteiger partial charge in [-0.15, -0.1) is 15.3 Å². The molecule has 0 bridgehead atoms. The summed E-state index contributed by atoms with van der Waals surface area (Å²) in [5.74, 6) is 3.72. The standard InChI is InChI=1S/C29H33N3O2.C28H31N3O4.C24H25N3O.3CH4OSi/c1-28(2,3)27(33)34-26-14-13-23-22-11-9-18-17-19(32-25-8-6-5-7-24(25)30-31-32)10-12-20(18)21(22)15-16-29(23,26)4;1-27(2)26(33)34-25-24(35-27)23(32)22-19-10-8-15-14-16(31-21-7-5-4-6-20(21)29-30-31)9-11-17(15)18(19)12-13-28(22,25)3;1-24-13-12-18-17-9-7-16(27-22-5-3-2-4-21(22)25-26-27)14-15(17)6-8-19(18)20(24)10-11-23(24)28;3*1-3-2/h5-8,10,12-14,17,21-23,26H,9,11,15-16H2,1-4H3;4-7,9,11,14,18-19,22-25,32H,8,10,12-13H2,1-3H3;2-5,7,9-11,14,18-20,23,28H,6,8,12-13H2,1H3;3*3H,1H3/t21?,22?,23?,26-,29-;18?,19?,22?,23?,24?,25-,28-;18?,19?,20?,23-,24-;;;/m000.../s1/i;;;3*3D. The van der Waals surface area contributed by atoms with E-state index < -0.39 is 51.2 Å². The van der Waals surface area contributed by atoms with Gasteiger partial charge in [-0.1, -0.05) is 109 Å². The predicted octanol–water partition coefficient (Wildman–Crippen LogP) is 13.8. The number of nitrogens with zero attached hydrogens (tertiary/aromatic N) is 9. The van der Waals surface area contributed by atoms with E-state index in [-0.39, 0.29) is 52.4 Å². The second-order valence-electron chi connectivity index (χ2n) is 33.1. The molecule has 554 valence electrons. The van der Waals surface area contributed by atoms with Gasteiger partial charge < -0.3 is 37.8 Å². The average molecular weight is 1480 g/mol. The molecule has 6 aromatic carbocycles. The zero-order valence-electron chi connectivity index (χ0n) is 65.7. The van der Waals surface area contributed by atoms with Crippen molar-refractivity contribution >= 4 is 73.1 Å². The van der Waals surface area contributed by atoms with Crippen molar-refractivity contribution in [2.45, 2.75) is 206 Å². The summed E-state index contributed by atoms with van der Waals surface area (Å²) in [5, 5.41) is 48.2. The van der Waals surface area contributed by atoms with Gasteiger partial charge in [0.05, 0.1) is 54.9 Å². The van der Waals surface area contributed by atoms with Gasteiger partial charge in [-0.25, -0.2) is 18.8 Å². The molecular formula is C84H101N9O10Si3. The summed E-state index contributed by atoms with van der Waals surface area (Å²) in [5.41, 5.74) is 16.0. The maximum atomic E-state index is 12.6. The van der Waals surface area contributed by atoms with Gasteiger partial charge >= 0.3 is 11.9 Å². The van der Waals surface area contributed by atoms with Crippen molar-refractivity contribution in [3.05, 3.63) is 185 Å². The van der Waals surface area contributed by atoms with Crippen LogP contribution in [0.25, 0.3) is 50.2 Å². The Hall–Kier alpha value is -8.13. The van der Waals surface area contributed by atoms with Gasteiger partial charge in [0, 0.05) is 16.2 Å². The molecule has 19 nitrogen and oxygen atoms in total. The summed E-state index contributed by atoms with van der Waals surface area (Å²) < 4.78 is 70.3. The van der Waals surface area contributed by atoms with Gasteiger partial charge in [0.2, 0.25) is 0 Å². The van der Waals surface area contributed by atoms with Crippen molar-refractivity contribution in [1.29, 1.82) is 3.70 Å². The zero-order valence-corrected chi connectivity index (χ0v) is 65.7. The minimum atomic E-state index is -1.88. The second kappa shape index (κ2) is 29.8. The van der Waals surface area contributed by atoms with E-state index in [0.29, 0.717) is 47.3 Å². The van der Waals surface area contributed by atoms with E-state index in [1.165, 1.54) is 72.3 Å². The fourth-order valence-corrected chi connectivity index (χ4v) is 20.6. The van der Waals surface area contributed by atoms with Crippen molar-refractivity contribution < 1.29 is 47.4 Å². The molecule has 5 fully saturated rings. The van der Waals surface area contributed by atoms with Gasteiger partial charge in [-0.3, -0.25) is 4.79 Å². The predicted molar refractivity (Wildman–Crippen MR) is 412 cm³/mol. The molecule has 9 aliphatic carbocycles. The molecule has 3 aromatic heterocycles. The molecule has 17 atom stereocenters. The lowest BCUT2D eigenvalue weighted by Gasteiger charge is -2.51. The average Bonchev–Trinajstić information content (AvgIpc) is 1.56. The van der Waals surface area contributed by atoms with E-state index in [1.54, 1.807) is 13.8 Å². The van der Waals surface area contributed by atoms with Crippen molar-refractivity contribution in [1.82, 2.24) is 45.0 Å². The third-order valence-electron chi connectivity index (χ3n) is 25.8. The summed E-state index contributed by atoms with van der Waals surface area (Å²) in [6, 6.07) is 44.6. The molecule has 11 unspecified atom stereocenters. The van der Waals surface area contributed by atoms with Crippen molar-refractivity contribution in [3.63, 3.8) is 0 Å². The second-order valence-corrected chi connectivity index (χ2v) is 34.3. The van der Waals surface area contributed by atoms with E-state index >= 15 is 0 Å². The van der Waals surface area contributed by atoms with Gasteiger partial charge in [-0.2, -0.15) is 0 Å². The first-order valence-corrected chi connectivity index (χ1v) is 42.2. The van der Waals surface area contributed by atoms with Crippen LogP contribution in [0.5, 0.6) is 0 Å². The number of aromatic nitrogens is 9. The van der Waals surface area contributed by atoms with Crippen LogP contribution in [0.15, 0.2) is 152 Å². The first-order chi connectivity index (χ1) is 51.9. The van der Waals surface area contributed by atoms with Gasteiger partial charge in [-0.05, 0) is 297 Å². The topological polar surface area (TPSA) is 246 Å². The molecule has 1 aliphatic heterocycles. The van der Waals surface area contributed by atoms with E-state index in [4.69, 9.17) is 17.9 Å².